The van der Waals surface area contributed by atoms with Gasteiger partial charge in [-0.15, -0.1) is 159 Å². The van der Waals surface area contributed by atoms with Gasteiger partial charge in [-0.05, 0) is 192 Å². The summed E-state index contributed by atoms with van der Waals surface area (Å²) in [6.07, 6.45) is 0. The second-order valence-corrected chi connectivity index (χ2v) is 39.7. The first-order valence-electron chi connectivity index (χ1n) is 23.4. The van der Waals surface area contributed by atoms with Gasteiger partial charge in [-0.25, -0.2) is 9.97 Å². The number of thiazole rings is 2. The topological polar surface area (TPSA) is 52.1 Å². The molecule has 4 nitrogen and oxygen atoms in total. The molecule has 0 spiro atoms. The fourth-order valence-electron chi connectivity index (χ4n) is 10.1. The predicted octanol–water partition coefficient (Wildman–Crippen LogP) is 30.1. The first-order chi connectivity index (χ1) is 38.5. The van der Waals surface area contributed by atoms with E-state index in [1.807, 2.05) is 105 Å². The molecule has 0 amide bonds. The lowest BCUT2D eigenvalue weighted by molar-refractivity contribution is 0.577. The lowest BCUT2D eigenvalue weighted by Crippen LogP contribution is -1.68. The molecule has 16 aromatic heterocycles. The maximum absolute atomic E-state index is 5.95. The zero-order valence-electron chi connectivity index (χ0n) is 39.9. The molecule has 0 atom stereocenters. The van der Waals surface area contributed by atoms with Gasteiger partial charge in [0.2, 0.25) is 0 Å². The number of hydrogen-bond donors (Lipinski definition) is 0. The quantitative estimate of drug-likeness (QED) is 0.176. The predicted molar refractivity (Wildman–Crippen MR) is 396 cm³/mol. The van der Waals surface area contributed by atoms with Crippen molar-refractivity contribution in [2.45, 2.75) is 27.7 Å². The standard InChI is InChI=1S/C28H10Br4O2S6.C26H8Br4N2S8/c1-7-3-13-19(33-7)15(29)23(37-13)27-17(31)25-21(39-27)9-5-12-10(6-11(9)35-25)22-26(36-12)18(32)28(40-22)24-16(30)20-14(38-24)4-8(2)34-20;1-5-31-25-23(33-5)13(29)21(39-25)19-11(27)17-15(37-19)7-3-10-8(4-9(7)35-17)16-18(36-10)12(28)20(38-16)22-14(30)24-26(40-22)32-6(2)34-24/h3-6H,1-2H3;3-4H,1-2H3. The maximum Gasteiger partial charge on any atom is 0.159 e. The van der Waals surface area contributed by atoms with Crippen molar-refractivity contribution in [3.63, 3.8) is 0 Å². The van der Waals surface area contributed by atoms with Crippen LogP contribution in [-0.4, -0.2) is 9.97 Å². The Morgan fingerprint density at radius 2 is 0.550 bits per heavy atom. The lowest BCUT2D eigenvalue weighted by atomic mass is 10.2. The number of benzene rings is 2. The van der Waals surface area contributed by atoms with Crippen LogP contribution in [0.3, 0.4) is 0 Å². The molecule has 396 valence electrons. The van der Waals surface area contributed by atoms with Crippen LogP contribution >= 0.6 is 286 Å². The van der Waals surface area contributed by atoms with E-state index in [1.165, 1.54) is 163 Å². The van der Waals surface area contributed by atoms with E-state index >= 15 is 0 Å². The number of hydrogen-bond acceptors (Lipinski definition) is 18. The van der Waals surface area contributed by atoms with Crippen LogP contribution in [0.2, 0.25) is 0 Å². The van der Waals surface area contributed by atoms with Crippen molar-refractivity contribution in [2.24, 2.45) is 0 Å². The number of halogens is 8. The van der Waals surface area contributed by atoms with E-state index in [0.717, 1.165) is 51.3 Å². The van der Waals surface area contributed by atoms with Gasteiger partial charge in [0.1, 0.15) is 21.2 Å². The van der Waals surface area contributed by atoms with Crippen molar-refractivity contribution in [1.29, 1.82) is 0 Å². The minimum atomic E-state index is 0.939. The minimum absolute atomic E-state index is 0.939. The molecule has 0 aliphatic rings. The van der Waals surface area contributed by atoms with Crippen LogP contribution in [0.15, 0.2) is 81.0 Å². The van der Waals surface area contributed by atoms with E-state index in [2.05, 4.69) is 178 Å². The number of furan rings is 2. The Morgan fingerprint density at radius 1 is 0.275 bits per heavy atom. The summed E-state index contributed by atoms with van der Waals surface area (Å²) in [4.78, 5) is 21.7. The van der Waals surface area contributed by atoms with Crippen LogP contribution in [0.5, 0.6) is 0 Å². The van der Waals surface area contributed by atoms with Gasteiger partial charge in [0.25, 0.3) is 0 Å². The van der Waals surface area contributed by atoms with Crippen molar-refractivity contribution in [2.75, 3.05) is 0 Å². The summed E-state index contributed by atoms with van der Waals surface area (Å²) in [7, 11) is 0. The highest BCUT2D eigenvalue weighted by Gasteiger charge is 2.29. The minimum Gasteiger partial charge on any atom is -0.459 e. The van der Waals surface area contributed by atoms with Crippen LogP contribution in [0.1, 0.15) is 21.5 Å². The Hall–Kier alpha value is -0.380. The highest BCUT2D eigenvalue weighted by atomic mass is 79.9. The molecule has 0 saturated carbocycles. The van der Waals surface area contributed by atoms with E-state index in [1.54, 1.807) is 68.0 Å². The molecular formula is C54H18Br8N2O2S14. The fraction of sp³-hybridized carbons (Fsp3) is 0.0741. The second-order valence-electron chi connectivity index (χ2n) is 18.5. The molecule has 18 rings (SSSR count). The molecule has 18 aromatic rings. The van der Waals surface area contributed by atoms with Crippen LogP contribution < -0.4 is 0 Å². The van der Waals surface area contributed by atoms with E-state index in [-0.39, 0.29) is 0 Å². The summed E-state index contributed by atoms with van der Waals surface area (Å²) < 4.78 is 41.9. The number of aryl methyl sites for hydroxylation is 4. The van der Waals surface area contributed by atoms with Gasteiger partial charge < -0.3 is 8.83 Å². The van der Waals surface area contributed by atoms with Gasteiger partial charge in [0, 0.05) is 40.3 Å². The van der Waals surface area contributed by atoms with Crippen molar-refractivity contribution < 1.29 is 8.83 Å². The molecule has 0 saturated heterocycles. The molecule has 0 aliphatic heterocycles. The Bertz CT molecular complexity index is 5050. The van der Waals surface area contributed by atoms with Crippen LogP contribution in [0.4, 0.5) is 0 Å². The van der Waals surface area contributed by atoms with E-state index in [9.17, 15) is 0 Å². The van der Waals surface area contributed by atoms with Gasteiger partial charge in [-0.2, -0.15) is 0 Å². The summed E-state index contributed by atoms with van der Waals surface area (Å²) >= 11 is 57.0. The monoisotopic (exact) mass is 1810 g/mol. The first-order valence-corrected chi connectivity index (χ1v) is 41.2. The third-order valence-electron chi connectivity index (χ3n) is 13.5. The largest absolute Gasteiger partial charge is 0.459 e. The van der Waals surface area contributed by atoms with E-state index in [4.69, 9.17) is 18.8 Å². The van der Waals surface area contributed by atoms with Gasteiger partial charge in [-0.1, -0.05) is 0 Å². The highest BCUT2D eigenvalue weighted by Crippen LogP contribution is 2.61. The van der Waals surface area contributed by atoms with Crippen LogP contribution in [0.25, 0.3) is 157 Å². The van der Waals surface area contributed by atoms with Crippen LogP contribution in [0, 0.1) is 27.7 Å². The Balaban J connectivity index is 0.000000128. The number of nitrogens with zero attached hydrogens (tertiary/aromatic N) is 2. The zero-order chi connectivity index (χ0) is 54.4. The second kappa shape index (κ2) is 19.6. The Morgan fingerprint density at radius 3 is 0.838 bits per heavy atom. The molecule has 0 radical (unpaired) electrons. The lowest BCUT2D eigenvalue weighted by Gasteiger charge is -1.97. The number of aromatic nitrogens is 2. The molecule has 0 bridgehead atoms. The zero-order valence-corrected chi connectivity index (χ0v) is 64.0. The third-order valence-corrected chi connectivity index (χ3v) is 40.8. The summed E-state index contributed by atoms with van der Waals surface area (Å²) in [6, 6.07) is 13.9. The Labute approximate surface area is 573 Å². The van der Waals surface area contributed by atoms with Gasteiger partial charge in [-0.3, -0.25) is 0 Å². The molecular weight excluding hydrogens is 1800 g/mol. The van der Waals surface area contributed by atoms with Crippen molar-refractivity contribution in [3.8, 4) is 39.0 Å². The summed E-state index contributed by atoms with van der Waals surface area (Å²) in [5, 5.41) is 7.58. The molecule has 2 aromatic carbocycles. The van der Waals surface area contributed by atoms with Gasteiger partial charge in [0.05, 0.1) is 141 Å². The number of rotatable bonds is 4. The number of thiophene rings is 12. The van der Waals surface area contributed by atoms with Gasteiger partial charge in [0.15, 0.2) is 11.2 Å². The van der Waals surface area contributed by atoms with Gasteiger partial charge >= 0.3 is 0 Å². The summed E-state index contributed by atoms with van der Waals surface area (Å²) in [5.41, 5.74) is 1.88. The molecule has 80 heavy (non-hydrogen) atoms. The van der Waals surface area contributed by atoms with E-state index < -0.39 is 0 Å². The first kappa shape index (κ1) is 53.8. The molecule has 16 heterocycles. The van der Waals surface area contributed by atoms with Crippen LogP contribution in [-0.2, 0) is 0 Å². The summed E-state index contributed by atoms with van der Waals surface area (Å²) in [6.45, 7) is 8.14. The molecule has 0 unspecified atom stereocenters. The Kier molecular flexibility index (Phi) is 13.2. The maximum atomic E-state index is 5.95. The molecule has 26 heteroatoms. The SMILES string of the molecule is Cc1cc2sc(-c3sc4c(sc5cc6c(cc54)sc4c(Br)c(-c5sc7cc(C)oc7c5Br)sc46)c3Br)c(Br)c2o1.Cc1nc2sc(-c3sc4c(sc5cc6c(cc54)sc4c(Br)c(-c5sc7nc(C)sc7c5Br)sc46)c3Br)c(Br)c2s1. The fourth-order valence-corrected chi connectivity index (χ4v) is 36.3. The van der Waals surface area contributed by atoms with Crippen molar-refractivity contribution in [1.82, 2.24) is 9.97 Å². The average Bonchev–Trinajstić information content (AvgIpc) is 4.44. The van der Waals surface area contributed by atoms with Crippen molar-refractivity contribution in [3.05, 3.63) is 93.7 Å². The van der Waals surface area contributed by atoms with E-state index in [0.29, 0.717) is 0 Å². The number of fused-ring (bicyclic) bond motifs is 16. The van der Waals surface area contributed by atoms with Crippen molar-refractivity contribution >= 4 is 404 Å². The third kappa shape index (κ3) is 7.94. The molecule has 0 N–H and O–H groups in total. The highest BCUT2D eigenvalue weighted by molar-refractivity contribution is 9.12. The summed E-state index contributed by atoms with van der Waals surface area (Å²) in [5.74, 6) is 1.88. The smallest absolute Gasteiger partial charge is 0.159 e. The average molecular weight is 1810 g/mol. The normalized spacial score (nSPS) is 12.8. The molecule has 0 fully saturated rings. The molecule has 0 aliphatic carbocycles.